The van der Waals surface area contributed by atoms with Crippen molar-refractivity contribution in [2.24, 2.45) is 0 Å². The van der Waals surface area contributed by atoms with E-state index in [2.05, 4.69) is 20.9 Å². The highest BCUT2D eigenvalue weighted by Gasteiger charge is 2.35. The second-order valence-corrected chi connectivity index (χ2v) is 4.69. The Hall–Kier alpha value is -1.22. The molecule has 1 aliphatic heterocycles. The average molecular weight is 333 g/mol. The van der Waals surface area contributed by atoms with Crippen LogP contribution in [0.4, 0.5) is 0 Å². The molecule has 104 valence electrons. The largest absolute Gasteiger partial charge is 0.394 e. The van der Waals surface area contributed by atoms with Gasteiger partial charge in [-0.2, -0.15) is 0 Å². The monoisotopic (exact) mass is 332 g/mol. The number of hydrogen-bond donors (Lipinski definition) is 3. The Morgan fingerprint density at radius 3 is 2.89 bits per heavy atom. The van der Waals surface area contributed by atoms with Gasteiger partial charge >= 0.3 is 5.69 Å². The molecule has 3 atom stereocenters. The molecule has 0 spiro atoms. The summed E-state index contributed by atoms with van der Waals surface area (Å²) in [5.74, 6) is 0. The van der Waals surface area contributed by atoms with E-state index in [9.17, 15) is 14.7 Å². The van der Waals surface area contributed by atoms with Crippen molar-refractivity contribution in [2.75, 3.05) is 6.61 Å². The minimum atomic E-state index is -0.844. The van der Waals surface area contributed by atoms with E-state index in [1.807, 2.05) is 0 Å². The minimum absolute atomic E-state index is 0.175. The number of nitrogens with zero attached hydrogens (tertiary/aromatic N) is 1. The molecule has 0 aliphatic carbocycles. The van der Waals surface area contributed by atoms with Crippen molar-refractivity contribution in [1.29, 1.82) is 0 Å². The Morgan fingerprint density at radius 2 is 2.32 bits per heavy atom. The summed E-state index contributed by atoms with van der Waals surface area (Å²) in [7, 11) is 0. The van der Waals surface area contributed by atoms with Gasteiger partial charge in [0.1, 0.15) is 12.3 Å². The summed E-state index contributed by atoms with van der Waals surface area (Å²) >= 11 is 3.05. The number of rotatable bonds is 3. The van der Waals surface area contributed by atoms with E-state index < -0.39 is 29.7 Å². The molecule has 1 aliphatic rings. The second-order valence-electron chi connectivity index (χ2n) is 4.16. The molecule has 1 unspecified atom stereocenters. The number of nitrogens with one attached hydrogen (secondary N) is 1. The lowest BCUT2D eigenvalue weighted by atomic mass is 10.2. The quantitative estimate of drug-likeness (QED) is 0.695. The average Bonchev–Trinajstić information content (AvgIpc) is 2.74. The first kappa shape index (κ1) is 14.2. The molecule has 0 amide bonds. The maximum Gasteiger partial charge on any atom is 0.330 e. The highest BCUT2D eigenvalue weighted by atomic mass is 79.9. The van der Waals surface area contributed by atoms with E-state index in [4.69, 9.17) is 9.84 Å². The van der Waals surface area contributed by atoms with Gasteiger partial charge in [0, 0.05) is 12.6 Å². The number of hydrogen-bond acceptors (Lipinski definition) is 5. The fourth-order valence-electron chi connectivity index (χ4n) is 1.95. The highest BCUT2D eigenvalue weighted by molar-refractivity contribution is 9.11. The molecular formula is C11H13BrN2O5. The maximum absolute atomic E-state index is 11.7. The lowest BCUT2D eigenvalue weighted by Gasteiger charge is -2.14. The lowest BCUT2D eigenvalue weighted by Crippen LogP contribution is -2.33. The zero-order chi connectivity index (χ0) is 14.0. The van der Waals surface area contributed by atoms with Crippen LogP contribution in [0.1, 0.15) is 18.2 Å². The summed E-state index contributed by atoms with van der Waals surface area (Å²) in [6.07, 6.45) is 0.746. The molecule has 8 heteroatoms. The van der Waals surface area contributed by atoms with Crippen molar-refractivity contribution >= 4 is 22.0 Å². The van der Waals surface area contributed by atoms with Crippen molar-refractivity contribution < 1.29 is 14.9 Å². The zero-order valence-corrected chi connectivity index (χ0v) is 11.4. The summed E-state index contributed by atoms with van der Waals surface area (Å²) < 4.78 is 6.56. The third-order valence-corrected chi connectivity index (χ3v) is 3.20. The van der Waals surface area contributed by atoms with Crippen LogP contribution in [0.15, 0.2) is 20.8 Å². The predicted molar refractivity (Wildman–Crippen MR) is 70.9 cm³/mol. The fourth-order valence-corrected chi connectivity index (χ4v) is 2.24. The molecule has 19 heavy (non-hydrogen) atoms. The van der Waals surface area contributed by atoms with Crippen LogP contribution in [0.2, 0.25) is 0 Å². The van der Waals surface area contributed by atoms with Gasteiger partial charge in [-0.1, -0.05) is 15.9 Å². The molecule has 2 rings (SSSR count). The third-order valence-electron chi connectivity index (χ3n) is 2.93. The van der Waals surface area contributed by atoms with Gasteiger partial charge in [0.25, 0.3) is 5.56 Å². The Kier molecular flexibility index (Phi) is 4.35. The van der Waals surface area contributed by atoms with Crippen LogP contribution in [-0.2, 0) is 4.74 Å². The van der Waals surface area contributed by atoms with Gasteiger partial charge in [0.15, 0.2) is 0 Å². The molecular weight excluding hydrogens is 320 g/mol. The van der Waals surface area contributed by atoms with Gasteiger partial charge in [0.05, 0.1) is 18.3 Å². The van der Waals surface area contributed by atoms with Crippen LogP contribution >= 0.6 is 15.9 Å². The van der Waals surface area contributed by atoms with E-state index in [1.54, 1.807) is 0 Å². The molecule has 1 saturated heterocycles. The summed E-state index contributed by atoms with van der Waals surface area (Å²) in [4.78, 5) is 26.9. The molecule has 1 aromatic rings. The highest BCUT2D eigenvalue weighted by Crippen LogP contribution is 2.27. The summed E-state index contributed by atoms with van der Waals surface area (Å²) in [5.41, 5.74) is -0.844. The number of aromatic amines is 1. The van der Waals surface area contributed by atoms with Crippen molar-refractivity contribution in [3.05, 3.63) is 37.6 Å². The van der Waals surface area contributed by atoms with E-state index in [-0.39, 0.29) is 18.6 Å². The van der Waals surface area contributed by atoms with E-state index in [0.29, 0.717) is 0 Å². The van der Waals surface area contributed by atoms with E-state index >= 15 is 0 Å². The zero-order valence-electron chi connectivity index (χ0n) is 9.82. The number of aliphatic hydroxyl groups is 2. The van der Waals surface area contributed by atoms with Crippen LogP contribution in [0.3, 0.4) is 0 Å². The van der Waals surface area contributed by atoms with E-state index in [1.165, 1.54) is 21.8 Å². The van der Waals surface area contributed by atoms with Crippen LogP contribution < -0.4 is 11.2 Å². The normalized spacial score (nSPS) is 27.2. The van der Waals surface area contributed by atoms with Crippen molar-refractivity contribution in [3.8, 4) is 0 Å². The van der Waals surface area contributed by atoms with Crippen molar-refractivity contribution in [1.82, 2.24) is 9.55 Å². The fraction of sp³-hybridized carbons (Fsp3) is 0.455. The number of aromatic nitrogens is 2. The molecule has 0 bridgehead atoms. The summed E-state index contributed by atoms with van der Waals surface area (Å²) in [5, 5.41) is 18.7. The Labute approximate surface area is 116 Å². The van der Waals surface area contributed by atoms with E-state index in [0.717, 1.165) is 0 Å². The first-order valence-electron chi connectivity index (χ1n) is 5.63. The molecule has 3 N–H and O–H groups in total. The van der Waals surface area contributed by atoms with Crippen LogP contribution in [0.5, 0.6) is 0 Å². The van der Waals surface area contributed by atoms with Gasteiger partial charge in [0.2, 0.25) is 0 Å². The standard InChI is InChI=1S/C11H13BrN2O5/c12-2-1-6-4-14(11(18)13-10(6)17)9-3-7(16)8(5-15)19-9/h1-2,4,7-9,15-16H,3,5H2,(H,13,17,18)/b2-1+/t7-,8+,9?/m0/s1. The van der Waals surface area contributed by atoms with Gasteiger partial charge < -0.3 is 14.9 Å². The van der Waals surface area contributed by atoms with Gasteiger partial charge in [-0.15, -0.1) is 0 Å². The predicted octanol–water partition coefficient (Wildman–Crippen LogP) is -0.457. The Balaban J connectivity index is 2.38. The number of halogens is 1. The van der Waals surface area contributed by atoms with Crippen LogP contribution in [-0.4, -0.2) is 38.6 Å². The molecule has 0 saturated carbocycles. The van der Waals surface area contributed by atoms with Crippen LogP contribution in [0.25, 0.3) is 6.08 Å². The van der Waals surface area contributed by atoms with Gasteiger partial charge in [-0.3, -0.25) is 14.3 Å². The number of ether oxygens (including phenoxy) is 1. The third kappa shape index (κ3) is 2.86. The molecule has 1 fully saturated rings. The van der Waals surface area contributed by atoms with Gasteiger partial charge in [-0.05, 0) is 11.1 Å². The Bertz CT molecular complexity index is 593. The first-order valence-corrected chi connectivity index (χ1v) is 6.55. The minimum Gasteiger partial charge on any atom is -0.394 e. The molecule has 2 heterocycles. The molecule has 0 radical (unpaired) electrons. The smallest absolute Gasteiger partial charge is 0.330 e. The summed E-state index contributed by atoms with van der Waals surface area (Å²) in [6, 6.07) is 0. The SMILES string of the molecule is O=c1[nH]c(=O)n(C2C[C@H](O)[C@@H](CO)O2)cc1/C=C/Br. The lowest BCUT2D eigenvalue weighted by molar-refractivity contribution is -0.0459. The number of aliphatic hydroxyl groups excluding tert-OH is 2. The molecule has 1 aromatic heterocycles. The maximum atomic E-state index is 11.7. The Morgan fingerprint density at radius 1 is 1.58 bits per heavy atom. The molecule has 0 aromatic carbocycles. The number of H-pyrrole nitrogens is 1. The topological polar surface area (TPSA) is 105 Å². The summed E-state index contributed by atoms with van der Waals surface area (Å²) in [6.45, 7) is -0.329. The second kappa shape index (κ2) is 5.83. The van der Waals surface area contributed by atoms with Gasteiger partial charge in [-0.25, -0.2) is 4.79 Å². The molecule has 7 nitrogen and oxygen atoms in total. The van der Waals surface area contributed by atoms with Crippen LogP contribution in [0, 0.1) is 0 Å². The van der Waals surface area contributed by atoms with Crippen molar-refractivity contribution in [3.63, 3.8) is 0 Å². The first-order chi connectivity index (χ1) is 9.06. The van der Waals surface area contributed by atoms with Crippen molar-refractivity contribution in [2.45, 2.75) is 24.9 Å².